The second kappa shape index (κ2) is 7.03. The third-order valence-corrected chi connectivity index (χ3v) is 7.44. The molecule has 2 aliphatic rings. The number of rotatable bonds is 6. The lowest BCUT2D eigenvalue weighted by Crippen LogP contribution is -2.70. The van der Waals surface area contributed by atoms with E-state index in [1.807, 2.05) is 6.92 Å². The topological polar surface area (TPSA) is 142 Å². The first kappa shape index (κ1) is 20.4. The van der Waals surface area contributed by atoms with E-state index in [1.54, 1.807) is 0 Å². The van der Waals surface area contributed by atoms with Gasteiger partial charge in [-0.25, -0.2) is 18.0 Å². The second-order valence-electron chi connectivity index (χ2n) is 6.79. The molecule has 1 amide bonds. The van der Waals surface area contributed by atoms with E-state index in [-0.39, 0.29) is 6.61 Å². The molecule has 0 aromatic rings. The summed E-state index contributed by atoms with van der Waals surface area (Å²) in [5.41, 5.74) is 5.58. The Morgan fingerprint density at radius 3 is 2.50 bits per heavy atom. The number of ether oxygens (including phenoxy) is 3. The molecule has 10 nitrogen and oxygen atoms in total. The number of carbonyl (C=O) groups is 3. The molecular weight excluding hydrogens is 368 g/mol. The molecule has 2 aliphatic heterocycles. The molecule has 0 saturated carbocycles. The number of carbonyl (C=O) groups excluding carboxylic acids is 3. The molecule has 2 N–H and O–H groups in total. The van der Waals surface area contributed by atoms with Gasteiger partial charge in [-0.3, -0.25) is 4.79 Å². The van der Waals surface area contributed by atoms with Crippen LogP contribution in [0.15, 0.2) is 0 Å². The highest BCUT2D eigenvalue weighted by molar-refractivity contribution is 7.94. The maximum Gasteiger partial charge on any atom is 0.511 e. The molecular formula is C15H24N2O8S. The Morgan fingerprint density at radius 2 is 1.92 bits per heavy atom. The molecule has 0 radical (unpaired) electrons. The number of nitrogens with zero attached hydrogens (tertiary/aromatic N) is 1. The van der Waals surface area contributed by atoms with Gasteiger partial charge in [0.15, 0.2) is 15.2 Å². The SMILES string of the molecule is CCCCOC(=O)OC(C)OC(=O)[C@@H]1N2C(=O)C(N)[C@H]2S(=O)(=O)C1(C)C. The third kappa shape index (κ3) is 3.13. The van der Waals surface area contributed by atoms with E-state index in [1.165, 1.54) is 20.8 Å². The predicted molar refractivity (Wildman–Crippen MR) is 88.3 cm³/mol. The fraction of sp³-hybridized carbons (Fsp3) is 0.800. The number of hydrogen-bond acceptors (Lipinski definition) is 9. The summed E-state index contributed by atoms with van der Waals surface area (Å²) < 4.78 is 38.2. The van der Waals surface area contributed by atoms with Crippen molar-refractivity contribution < 1.29 is 37.0 Å². The minimum absolute atomic E-state index is 0.172. The average Bonchev–Trinajstić information content (AvgIpc) is 2.67. The van der Waals surface area contributed by atoms with E-state index in [2.05, 4.69) is 0 Å². The van der Waals surface area contributed by atoms with Crippen molar-refractivity contribution in [2.75, 3.05) is 6.61 Å². The molecule has 2 fully saturated rings. The molecule has 2 saturated heterocycles. The summed E-state index contributed by atoms with van der Waals surface area (Å²) in [6, 6.07) is -2.56. The van der Waals surface area contributed by atoms with Gasteiger partial charge in [0.05, 0.1) is 6.61 Å². The number of unbranched alkanes of at least 4 members (excludes halogenated alkanes) is 1. The summed E-state index contributed by atoms with van der Waals surface area (Å²) in [7, 11) is -3.87. The summed E-state index contributed by atoms with van der Waals surface area (Å²) in [5.74, 6) is -1.63. The largest absolute Gasteiger partial charge is 0.511 e. The van der Waals surface area contributed by atoms with Crippen LogP contribution in [0.4, 0.5) is 4.79 Å². The quantitative estimate of drug-likeness (QED) is 0.284. The third-order valence-electron chi connectivity index (χ3n) is 4.59. The Balaban J connectivity index is 2.05. The fourth-order valence-corrected chi connectivity index (χ4v) is 5.22. The van der Waals surface area contributed by atoms with Gasteiger partial charge in [0, 0.05) is 6.92 Å². The lowest BCUT2D eigenvalue weighted by molar-refractivity contribution is -0.180. The standard InChI is InChI=1S/C15H24N2O8S/c1-5-6-7-23-14(20)25-8(2)24-13(19)10-15(3,4)26(21,22)12-9(16)11(18)17(10)12/h8-10,12H,5-7,16H2,1-4H3/t8?,9?,10-,12+/m0/s1. The van der Waals surface area contributed by atoms with Crippen LogP contribution in [0.3, 0.4) is 0 Å². The number of amides is 1. The van der Waals surface area contributed by atoms with Crippen LogP contribution in [-0.2, 0) is 33.6 Å². The van der Waals surface area contributed by atoms with Gasteiger partial charge in [0.25, 0.3) is 0 Å². The first-order valence-electron chi connectivity index (χ1n) is 8.32. The van der Waals surface area contributed by atoms with Crippen molar-refractivity contribution >= 4 is 27.9 Å². The van der Waals surface area contributed by atoms with Crippen molar-refractivity contribution in [2.24, 2.45) is 5.73 Å². The van der Waals surface area contributed by atoms with Crippen LogP contribution in [0.25, 0.3) is 0 Å². The Kier molecular flexibility index (Phi) is 5.52. The first-order valence-corrected chi connectivity index (χ1v) is 9.86. The number of esters is 1. The van der Waals surface area contributed by atoms with Crippen molar-refractivity contribution in [3.05, 3.63) is 0 Å². The maximum absolute atomic E-state index is 12.6. The number of nitrogens with two attached hydrogens (primary N) is 1. The van der Waals surface area contributed by atoms with Crippen LogP contribution in [-0.4, -0.2) is 66.5 Å². The normalized spacial score (nSPS) is 29.3. The van der Waals surface area contributed by atoms with Crippen molar-refractivity contribution in [2.45, 2.75) is 69.0 Å². The summed E-state index contributed by atoms with van der Waals surface area (Å²) in [4.78, 5) is 36.9. The summed E-state index contributed by atoms with van der Waals surface area (Å²) in [6.07, 6.45) is -0.817. The van der Waals surface area contributed by atoms with E-state index in [0.717, 1.165) is 11.3 Å². The summed E-state index contributed by atoms with van der Waals surface area (Å²) in [5, 5.41) is -1.25. The van der Waals surface area contributed by atoms with E-state index < -0.39 is 56.4 Å². The maximum atomic E-state index is 12.6. The number of fused-ring (bicyclic) bond motifs is 1. The van der Waals surface area contributed by atoms with Gasteiger partial charge in [-0.05, 0) is 20.3 Å². The van der Waals surface area contributed by atoms with Gasteiger partial charge in [-0.2, -0.15) is 0 Å². The number of β-lactam (4-membered cyclic amide) rings is 1. The minimum atomic E-state index is -3.87. The molecule has 2 unspecified atom stereocenters. The molecule has 2 rings (SSSR count). The number of hydrogen-bond donors (Lipinski definition) is 1. The molecule has 0 spiro atoms. The second-order valence-corrected chi connectivity index (χ2v) is 9.41. The van der Waals surface area contributed by atoms with Crippen molar-refractivity contribution in [3.8, 4) is 0 Å². The highest BCUT2D eigenvalue weighted by atomic mass is 32.2. The Morgan fingerprint density at radius 1 is 1.31 bits per heavy atom. The monoisotopic (exact) mass is 392 g/mol. The van der Waals surface area contributed by atoms with E-state index in [0.29, 0.717) is 6.42 Å². The molecule has 2 heterocycles. The van der Waals surface area contributed by atoms with E-state index in [9.17, 15) is 22.8 Å². The molecule has 26 heavy (non-hydrogen) atoms. The zero-order valence-electron chi connectivity index (χ0n) is 15.1. The van der Waals surface area contributed by atoms with Crippen LogP contribution in [0.5, 0.6) is 0 Å². The highest BCUT2D eigenvalue weighted by Crippen LogP contribution is 2.45. The minimum Gasteiger partial charge on any atom is -0.434 e. The van der Waals surface area contributed by atoms with Crippen LogP contribution in [0.2, 0.25) is 0 Å². The summed E-state index contributed by atoms with van der Waals surface area (Å²) in [6.45, 7) is 6.04. The summed E-state index contributed by atoms with van der Waals surface area (Å²) >= 11 is 0. The highest BCUT2D eigenvalue weighted by Gasteiger charge is 2.71. The first-order chi connectivity index (χ1) is 12.0. The van der Waals surface area contributed by atoms with Crippen LogP contribution < -0.4 is 5.73 Å². The Bertz CT molecular complexity index is 704. The van der Waals surface area contributed by atoms with E-state index >= 15 is 0 Å². The van der Waals surface area contributed by atoms with Crippen molar-refractivity contribution in [1.29, 1.82) is 0 Å². The van der Waals surface area contributed by atoms with Gasteiger partial charge < -0.3 is 24.8 Å². The van der Waals surface area contributed by atoms with Crippen LogP contribution >= 0.6 is 0 Å². The van der Waals surface area contributed by atoms with E-state index in [4.69, 9.17) is 19.9 Å². The molecule has 4 atom stereocenters. The van der Waals surface area contributed by atoms with Gasteiger partial charge in [0.2, 0.25) is 12.2 Å². The Hall–Kier alpha value is -1.88. The van der Waals surface area contributed by atoms with Crippen LogP contribution in [0, 0.1) is 0 Å². The zero-order valence-corrected chi connectivity index (χ0v) is 15.9. The van der Waals surface area contributed by atoms with Crippen LogP contribution in [0.1, 0.15) is 40.5 Å². The predicted octanol–water partition coefficient (Wildman–Crippen LogP) is -0.0999. The lowest BCUT2D eigenvalue weighted by Gasteiger charge is -2.41. The van der Waals surface area contributed by atoms with Gasteiger partial charge in [-0.15, -0.1) is 0 Å². The Labute approximate surface area is 151 Å². The molecule has 11 heteroatoms. The van der Waals surface area contributed by atoms with Crippen molar-refractivity contribution in [1.82, 2.24) is 4.90 Å². The molecule has 148 valence electrons. The molecule has 0 aromatic carbocycles. The molecule has 0 aromatic heterocycles. The van der Waals surface area contributed by atoms with Gasteiger partial charge >= 0.3 is 12.1 Å². The molecule has 0 aliphatic carbocycles. The van der Waals surface area contributed by atoms with Gasteiger partial charge in [0.1, 0.15) is 16.8 Å². The fourth-order valence-electron chi connectivity index (χ4n) is 3.05. The zero-order chi connectivity index (χ0) is 19.9. The lowest BCUT2D eigenvalue weighted by atomic mass is 9.96. The van der Waals surface area contributed by atoms with Crippen molar-refractivity contribution in [3.63, 3.8) is 0 Å². The smallest absolute Gasteiger partial charge is 0.434 e. The van der Waals surface area contributed by atoms with Gasteiger partial charge in [-0.1, -0.05) is 13.3 Å². The number of sulfone groups is 1. The molecule has 0 bridgehead atoms. The average molecular weight is 392 g/mol.